The number of aryl methyl sites for hydroxylation is 2. The van der Waals surface area contributed by atoms with Gasteiger partial charge in [0.2, 0.25) is 11.9 Å². The molecular weight excluding hydrogens is 342 g/mol. The summed E-state index contributed by atoms with van der Waals surface area (Å²) >= 11 is 0. The molecule has 0 spiro atoms. The zero-order valence-electron chi connectivity index (χ0n) is 15.8. The SMILES string of the molecule is CC(=O)N1CCN(c2nc(-c3cccc(C)c3)c3c(N)n(C)nc3n2)CC1. The van der Waals surface area contributed by atoms with Crippen molar-refractivity contribution in [3.8, 4) is 11.3 Å². The lowest BCUT2D eigenvalue weighted by molar-refractivity contribution is -0.129. The monoisotopic (exact) mass is 365 g/mol. The molecule has 3 heterocycles. The molecule has 1 aliphatic rings. The van der Waals surface area contributed by atoms with Crippen LogP contribution >= 0.6 is 0 Å². The highest BCUT2D eigenvalue weighted by molar-refractivity contribution is 5.99. The van der Waals surface area contributed by atoms with Gasteiger partial charge in [0.05, 0.1) is 11.1 Å². The number of carbonyl (C=O) groups excluding carboxylic acids is 1. The summed E-state index contributed by atoms with van der Waals surface area (Å²) in [6.07, 6.45) is 0. The summed E-state index contributed by atoms with van der Waals surface area (Å²) < 4.78 is 1.64. The van der Waals surface area contributed by atoms with E-state index in [2.05, 4.69) is 34.0 Å². The number of nitrogens with two attached hydrogens (primary N) is 1. The third-order valence-electron chi connectivity index (χ3n) is 5.03. The van der Waals surface area contributed by atoms with Gasteiger partial charge in [0.25, 0.3) is 0 Å². The van der Waals surface area contributed by atoms with Crippen LogP contribution in [0.25, 0.3) is 22.3 Å². The van der Waals surface area contributed by atoms with Gasteiger partial charge in [-0.2, -0.15) is 10.1 Å². The minimum Gasteiger partial charge on any atom is -0.383 e. The molecular formula is C19H23N7O. The quantitative estimate of drug-likeness (QED) is 0.741. The van der Waals surface area contributed by atoms with Gasteiger partial charge in [-0.3, -0.25) is 9.48 Å². The first-order chi connectivity index (χ1) is 12.9. The number of piperazine rings is 1. The van der Waals surface area contributed by atoms with E-state index in [1.54, 1.807) is 11.6 Å². The Morgan fingerprint density at radius 1 is 1.15 bits per heavy atom. The van der Waals surface area contributed by atoms with Crippen molar-refractivity contribution >= 4 is 28.7 Å². The third-order valence-corrected chi connectivity index (χ3v) is 5.03. The first kappa shape index (κ1) is 17.3. The molecule has 1 fully saturated rings. The van der Waals surface area contributed by atoms with Crippen LogP contribution in [0.3, 0.4) is 0 Å². The summed E-state index contributed by atoms with van der Waals surface area (Å²) in [6.45, 7) is 6.38. The van der Waals surface area contributed by atoms with Crippen LogP contribution in [0.5, 0.6) is 0 Å². The molecule has 8 nitrogen and oxygen atoms in total. The van der Waals surface area contributed by atoms with Gasteiger partial charge in [0, 0.05) is 45.7 Å². The number of aromatic nitrogens is 4. The van der Waals surface area contributed by atoms with Crippen molar-refractivity contribution in [2.45, 2.75) is 13.8 Å². The smallest absolute Gasteiger partial charge is 0.228 e. The first-order valence-electron chi connectivity index (χ1n) is 9.02. The van der Waals surface area contributed by atoms with Crippen LogP contribution in [0.15, 0.2) is 24.3 Å². The molecule has 1 aliphatic heterocycles. The van der Waals surface area contributed by atoms with E-state index in [9.17, 15) is 4.79 Å². The second-order valence-electron chi connectivity index (χ2n) is 6.94. The van der Waals surface area contributed by atoms with Crippen LogP contribution in [0, 0.1) is 6.92 Å². The molecule has 0 bridgehead atoms. The number of nitrogen functional groups attached to an aromatic ring is 1. The Bertz CT molecular complexity index is 1020. The van der Waals surface area contributed by atoms with E-state index in [4.69, 9.17) is 10.7 Å². The van der Waals surface area contributed by atoms with Crippen molar-refractivity contribution < 1.29 is 4.79 Å². The van der Waals surface area contributed by atoms with E-state index in [-0.39, 0.29) is 5.91 Å². The molecule has 1 amide bonds. The molecule has 0 radical (unpaired) electrons. The Kier molecular flexibility index (Phi) is 4.18. The minimum atomic E-state index is 0.101. The predicted molar refractivity (Wildman–Crippen MR) is 105 cm³/mol. The van der Waals surface area contributed by atoms with Crippen molar-refractivity contribution in [2.24, 2.45) is 7.05 Å². The topological polar surface area (TPSA) is 93.2 Å². The van der Waals surface area contributed by atoms with Gasteiger partial charge >= 0.3 is 0 Å². The standard InChI is InChI=1S/C19H23N7O/c1-12-5-4-6-14(11-12)16-15-17(20)24(3)23-18(15)22-19(21-16)26-9-7-25(8-10-26)13(2)27/h4-6,11H,7-10,20H2,1-3H3. The van der Waals surface area contributed by atoms with Crippen LogP contribution < -0.4 is 10.6 Å². The second kappa shape index (κ2) is 6.53. The lowest BCUT2D eigenvalue weighted by Gasteiger charge is -2.34. The Hall–Kier alpha value is -3.16. The highest BCUT2D eigenvalue weighted by Gasteiger charge is 2.24. The van der Waals surface area contributed by atoms with Gasteiger partial charge in [0.1, 0.15) is 5.82 Å². The molecule has 0 unspecified atom stereocenters. The molecule has 3 aromatic rings. The molecule has 2 aromatic heterocycles. The Morgan fingerprint density at radius 2 is 1.89 bits per heavy atom. The average molecular weight is 365 g/mol. The second-order valence-corrected chi connectivity index (χ2v) is 6.94. The van der Waals surface area contributed by atoms with Crippen LogP contribution in [-0.2, 0) is 11.8 Å². The van der Waals surface area contributed by atoms with E-state index in [0.717, 1.165) is 22.2 Å². The first-order valence-corrected chi connectivity index (χ1v) is 9.02. The van der Waals surface area contributed by atoms with E-state index in [1.807, 2.05) is 24.1 Å². The summed E-state index contributed by atoms with van der Waals surface area (Å²) in [7, 11) is 1.81. The van der Waals surface area contributed by atoms with E-state index in [1.165, 1.54) is 0 Å². The number of benzene rings is 1. The molecule has 2 N–H and O–H groups in total. The number of rotatable bonds is 2. The predicted octanol–water partition coefficient (Wildman–Crippen LogP) is 1.59. The molecule has 0 aliphatic carbocycles. The van der Waals surface area contributed by atoms with Crippen molar-refractivity contribution in [3.63, 3.8) is 0 Å². The molecule has 4 rings (SSSR count). The van der Waals surface area contributed by atoms with Crippen molar-refractivity contribution in [1.82, 2.24) is 24.6 Å². The highest BCUT2D eigenvalue weighted by atomic mass is 16.2. The van der Waals surface area contributed by atoms with Crippen molar-refractivity contribution in [2.75, 3.05) is 36.8 Å². The zero-order valence-corrected chi connectivity index (χ0v) is 15.8. The maximum atomic E-state index is 11.6. The lowest BCUT2D eigenvalue weighted by atomic mass is 10.1. The Balaban J connectivity index is 1.81. The summed E-state index contributed by atoms with van der Waals surface area (Å²) in [5.74, 6) is 1.28. The fourth-order valence-corrected chi connectivity index (χ4v) is 3.47. The Morgan fingerprint density at radius 3 is 2.56 bits per heavy atom. The van der Waals surface area contributed by atoms with Gasteiger partial charge < -0.3 is 15.5 Å². The number of amides is 1. The van der Waals surface area contributed by atoms with Crippen LogP contribution in [-0.4, -0.2) is 56.7 Å². The highest BCUT2D eigenvalue weighted by Crippen LogP contribution is 2.32. The van der Waals surface area contributed by atoms with Crippen LogP contribution in [0.2, 0.25) is 0 Å². The fraction of sp³-hybridized carbons (Fsp3) is 0.368. The van der Waals surface area contributed by atoms with Gasteiger partial charge in [-0.05, 0) is 13.0 Å². The van der Waals surface area contributed by atoms with Crippen molar-refractivity contribution in [1.29, 1.82) is 0 Å². The van der Waals surface area contributed by atoms with E-state index >= 15 is 0 Å². The number of hydrogen-bond donors (Lipinski definition) is 1. The van der Waals surface area contributed by atoms with Crippen molar-refractivity contribution in [3.05, 3.63) is 29.8 Å². The maximum absolute atomic E-state index is 11.6. The molecule has 8 heteroatoms. The third kappa shape index (κ3) is 3.07. The average Bonchev–Trinajstić information content (AvgIpc) is 2.95. The summed E-state index contributed by atoms with van der Waals surface area (Å²) in [4.78, 5) is 25.0. The fourth-order valence-electron chi connectivity index (χ4n) is 3.47. The maximum Gasteiger partial charge on any atom is 0.228 e. The lowest BCUT2D eigenvalue weighted by Crippen LogP contribution is -2.48. The Labute approximate surface area is 157 Å². The summed E-state index contributed by atoms with van der Waals surface area (Å²) in [5.41, 5.74) is 9.78. The molecule has 140 valence electrons. The molecule has 27 heavy (non-hydrogen) atoms. The number of hydrogen-bond acceptors (Lipinski definition) is 6. The van der Waals surface area contributed by atoms with Crippen LogP contribution in [0.1, 0.15) is 12.5 Å². The van der Waals surface area contributed by atoms with Crippen LogP contribution in [0.4, 0.5) is 11.8 Å². The molecule has 1 saturated heterocycles. The van der Waals surface area contributed by atoms with Gasteiger partial charge in [-0.25, -0.2) is 4.98 Å². The normalized spacial score (nSPS) is 14.8. The largest absolute Gasteiger partial charge is 0.383 e. The molecule has 1 aromatic carbocycles. The minimum absolute atomic E-state index is 0.101. The van der Waals surface area contributed by atoms with E-state index in [0.29, 0.717) is 43.6 Å². The number of nitrogens with zero attached hydrogens (tertiary/aromatic N) is 6. The summed E-state index contributed by atoms with van der Waals surface area (Å²) in [5, 5.41) is 5.24. The number of carbonyl (C=O) groups is 1. The van der Waals surface area contributed by atoms with Gasteiger partial charge in [-0.15, -0.1) is 0 Å². The number of fused-ring (bicyclic) bond motifs is 1. The number of anilines is 2. The van der Waals surface area contributed by atoms with Gasteiger partial charge in [0.15, 0.2) is 5.65 Å². The summed E-state index contributed by atoms with van der Waals surface area (Å²) in [6, 6.07) is 8.18. The van der Waals surface area contributed by atoms with Gasteiger partial charge in [-0.1, -0.05) is 23.8 Å². The zero-order chi connectivity index (χ0) is 19.1. The molecule has 0 atom stereocenters. The van der Waals surface area contributed by atoms with E-state index < -0.39 is 0 Å². The molecule has 0 saturated carbocycles.